The van der Waals surface area contributed by atoms with Gasteiger partial charge in [0.25, 0.3) is 5.91 Å². The van der Waals surface area contributed by atoms with Gasteiger partial charge in [-0.2, -0.15) is 5.10 Å². The van der Waals surface area contributed by atoms with Crippen molar-refractivity contribution in [2.24, 2.45) is 0 Å². The second-order valence-electron chi connectivity index (χ2n) is 5.38. The molecule has 2 heterocycles. The molecular formula is C16H20ClN5O2. The molecule has 0 atom stereocenters. The Kier molecular flexibility index (Phi) is 6.34. The molecule has 4 N–H and O–H groups in total. The average Bonchev–Trinajstić information content (AvgIpc) is 3.00. The van der Waals surface area contributed by atoms with E-state index in [2.05, 4.69) is 26.1 Å². The van der Waals surface area contributed by atoms with Crippen molar-refractivity contribution in [3.8, 4) is 0 Å². The number of nitrogens with zero attached hydrogens (tertiary/aromatic N) is 1. The molecule has 0 spiro atoms. The highest BCUT2D eigenvalue weighted by atomic mass is 35.5. The topological polar surface area (TPSA) is 98.9 Å². The highest BCUT2D eigenvalue weighted by Crippen LogP contribution is 2.15. The summed E-state index contributed by atoms with van der Waals surface area (Å²) in [6, 6.07) is 9.23. The highest BCUT2D eigenvalue weighted by Gasteiger charge is 2.21. The number of nitrogens with one attached hydrogen (secondary N) is 4. The standard InChI is InChI=1S/C16H19N5O2.ClH/c22-14(19-11-4-2-1-3-5-11)7-9-18-16(23)15-12-10-17-8-6-13(12)20-21-15;/h1-5,17H,6-10H2,(H,18,23)(H,19,22)(H,20,21);1H. The van der Waals surface area contributed by atoms with E-state index in [1.165, 1.54) is 0 Å². The number of aromatic nitrogens is 2. The second-order valence-corrected chi connectivity index (χ2v) is 5.38. The molecule has 1 aromatic carbocycles. The van der Waals surface area contributed by atoms with Gasteiger partial charge in [-0.15, -0.1) is 12.4 Å². The lowest BCUT2D eigenvalue weighted by molar-refractivity contribution is -0.116. The fourth-order valence-electron chi connectivity index (χ4n) is 2.53. The zero-order chi connectivity index (χ0) is 16.1. The number of halogens is 1. The van der Waals surface area contributed by atoms with Gasteiger partial charge in [0.2, 0.25) is 5.91 Å². The van der Waals surface area contributed by atoms with Gasteiger partial charge in [0, 0.05) is 49.4 Å². The van der Waals surface area contributed by atoms with Crippen LogP contribution < -0.4 is 16.0 Å². The molecule has 0 radical (unpaired) electrons. The molecule has 0 fully saturated rings. The molecule has 1 aromatic heterocycles. The summed E-state index contributed by atoms with van der Waals surface area (Å²) >= 11 is 0. The first-order valence-electron chi connectivity index (χ1n) is 7.64. The summed E-state index contributed by atoms with van der Waals surface area (Å²) in [6.45, 7) is 1.80. The molecule has 0 saturated carbocycles. The van der Waals surface area contributed by atoms with Crippen LogP contribution in [0.5, 0.6) is 0 Å². The van der Waals surface area contributed by atoms with Gasteiger partial charge in [-0.3, -0.25) is 14.7 Å². The third kappa shape index (κ3) is 4.33. The van der Waals surface area contributed by atoms with Crippen LogP contribution >= 0.6 is 12.4 Å². The first-order valence-corrected chi connectivity index (χ1v) is 7.64. The van der Waals surface area contributed by atoms with E-state index in [9.17, 15) is 9.59 Å². The van der Waals surface area contributed by atoms with Crippen LogP contribution in [0.2, 0.25) is 0 Å². The molecule has 2 aromatic rings. The first-order chi connectivity index (χ1) is 11.2. The van der Waals surface area contributed by atoms with E-state index in [0.29, 0.717) is 12.2 Å². The molecule has 7 nitrogen and oxygen atoms in total. The summed E-state index contributed by atoms with van der Waals surface area (Å²) < 4.78 is 0. The van der Waals surface area contributed by atoms with Crippen LogP contribution in [-0.2, 0) is 17.8 Å². The monoisotopic (exact) mass is 349 g/mol. The maximum atomic E-state index is 12.2. The largest absolute Gasteiger partial charge is 0.350 e. The number of hydrogen-bond acceptors (Lipinski definition) is 4. The van der Waals surface area contributed by atoms with Crippen molar-refractivity contribution >= 4 is 29.9 Å². The van der Waals surface area contributed by atoms with Gasteiger partial charge < -0.3 is 16.0 Å². The summed E-state index contributed by atoms with van der Waals surface area (Å²) in [6.07, 6.45) is 1.06. The van der Waals surface area contributed by atoms with Gasteiger partial charge in [-0.25, -0.2) is 0 Å². The third-order valence-electron chi connectivity index (χ3n) is 3.72. The number of rotatable bonds is 5. The Morgan fingerprint density at radius 3 is 2.79 bits per heavy atom. The van der Waals surface area contributed by atoms with E-state index in [-0.39, 0.29) is 37.2 Å². The van der Waals surface area contributed by atoms with Gasteiger partial charge in [0.15, 0.2) is 5.69 Å². The number of anilines is 1. The molecule has 0 aliphatic carbocycles. The Morgan fingerprint density at radius 1 is 1.21 bits per heavy atom. The molecular weight excluding hydrogens is 330 g/mol. The van der Waals surface area contributed by atoms with Crippen molar-refractivity contribution in [3.63, 3.8) is 0 Å². The van der Waals surface area contributed by atoms with Crippen LogP contribution in [0.15, 0.2) is 30.3 Å². The molecule has 0 bridgehead atoms. The number of aromatic amines is 1. The SMILES string of the molecule is Cl.O=C(CCNC(=O)c1n[nH]c2c1CNCC2)Nc1ccccc1. The number of benzene rings is 1. The Bertz CT molecular complexity index is 702. The lowest BCUT2D eigenvalue weighted by atomic mass is 10.1. The second kappa shape index (κ2) is 8.47. The maximum absolute atomic E-state index is 12.2. The molecule has 24 heavy (non-hydrogen) atoms. The summed E-state index contributed by atoms with van der Waals surface area (Å²) in [5.74, 6) is -0.388. The van der Waals surface area contributed by atoms with E-state index in [1.54, 1.807) is 0 Å². The third-order valence-corrected chi connectivity index (χ3v) is 3.72. The van der Waals surface area contributed by atoms with Gasteiger partial charge in [0.05, 0.1) is 0 Å². The number of hydrogen-bond donors (Lipinski definition) is 4. The Labute approximate surface area is 146 Å². The van der Waals surface area contributed by atoms with Crippen LogP contribution in [0.25, 0.3) is 0 Å². The zero-order valence-electron chi connectivity index (χ0n) is 13.1. The van der Waals surface area contributed by atoms with Gasteiger partial charge in [-0.05, 0) is 12.1 Å². The predicted octanol–water partition coefficient (Wildman–Crippen LogP) is 1.24. The highest BCUT2D eigenvalue weighted by molar-refractivity contribution is 5.95. The van der Waals surface area contributed by atoms with E-state index < -0.39 is 0 Å². The van der Waals surface area contributed by atoms with Crippen molar-refractivity contribution in [1.29, 1.82) is 0 Å². The fraction of sp³-hybridized carbons (Fsp3) is 0.312. The van der Waals surface area contributed by atoms with E-state index in [0.717, 1.165) is 29.9 Å². The van der Waals surface area contributed by atoms with Crippen molar-refractivity contribution in [2.45, 2.75) is 19.4 Å². The molecule has 3 rings (SSSR count). The van der Waals surface area contributed by atoms with Crippen molar-refractivity contribution in [3.05, 3.63) is 47.3 Å². The van der Waals surface area contributed by atoms with Crippen LogP contribution in [0.1, 0.15) is 28.2 Å². The zero-order valence-corrected chi connectivity index (χ0v) is 13.9. The number of amides is 2. The fourth-order valence-corrected chi connectivity index (χ4v) is 2.53. The maximum Gasteiger partial charge on any atom is 0.272 e. The van der Waals surface area contributed by atoms with Crippen molar-refractivity contribution < 1.29 is 9.59 Å². The lowest BCUT2D eigenvalue weighted by Gasteiger charge is -2.12. The van der Waals surface area contributed by atoms with E-state index >= 15 is 0 Å². The Balaban J connectivity index is 0.00000208. The quantitative estimate of drug-likeness (QED) is 0.652. The van der Waals surface area contributed by atoms with Gasteiger partial charge in [-0.1, -0.05) is 18.2 Å². The van der Waals surface area contributed by atoms with Crippen LogP contribution in [0.3, 0.4) is 0 Å². The number of H-pyrrole nitrogens is 1. The molecule has 2 amide bonds. The lowest BCUT2D eigenvalue weighted by Crippen LogP contribution is -2.30. The summed E-state index contributed by atoms with van der Waals surface area (Å²) in [4.78, 5) is 24.0. The molecule has 8 heteroatoms. The molecule has 128 valence electrons. The first kappa shape index (κ1) is 18.0. The smallest absolute Gasteiger partial charge is 0.272 e. The van der Waals surface area contributed by atoms with Gasteiger partial charge in [0.1, 0.15) is 0 Å². The van der Waals surface area contributed by atoms with Crippen molar-refractivity contribution in [1.82, 2.24) is 20.8 Å². The summed E-state index contributed by atoms with van der Waals surface area (Å²) in [7, 11) is 0. The Hall–Kier alpha value is -2.38. The number of para-hydroxylation sites is 1. The van der Waals surface area contributed by atoms with Crippen LogP contribution in [-0.4, -0.2) is 35.1 Å². The number of carbonyl (C=O) groups is 2. The van der Waals surface area contributed by atoms with Gasteiger partial charge >= 0.3 is 0 Å². The minimum absolute atomic E-state index is 0. The number of fused-ring (bicyclic) bond motifs is 1. The minimum Gasteiger partial charge on any atom is -0.350 e. The molecule has 0 saturated heterocycles. The number of carbonyl (C=O) groups excluding carboxylic acids is 2. The molecule has 1 aliphatic rings. The van der Waals surface area contributed by atoms with Crippen molar-refractivity contribution in [2.75, 3.05) is 18.4 Å². The predicted molar refractivity (Wildman–Crippen MR) is 93.3 cm³/mol. The van der Waals surface area contributed by atoms with Crippen LogP contribution in [0, 0.1) is 0 Å². The Morgan fingerprint density at radius 2 is 2.00 bits per heavy atom. The minimum atomic E-state index is -0.251. The average molecular weight is 350 g/mol. The summed E-state index contributed by atoms with van der Waals surface area (Å²) in [5, 5.41) is 15.7. The van der Waals surface area contributed by atoms with Crippen LogP contribution in [0.4, 0.5) is 5.69 Å². The van der Waals surface area contributed by atoms with E-state index in [4.69, 9.17) is 0 Å². The summed E-state index contributed by atoms with van der Waals surface area (Å²) in [5.41, 5.74) is 3.09. The van der Waals surface area contributed by atoms with E-state index in [1.807, 2.05) is 30.3 Å². The normalized spacial score (nSPS) is 12.7. The molecule has 1 aliphatic heterocycles. The molecule has 0 unspecified atom stereocenters.